The Morgan fingerprint density at radius 1 is 1.24 bits per heavy atom. The van der Waals surface area contributed by atoms with Crippen molar-refractivity contribution in [2.75, 3.05) is 25.2 Å². The van der Waals surface area contributed by atoms with Crippen molar-refractivity contribution in [2.45, 2.75) is 36.6 Å². The first kappa shape index (κ1) is 16.0. The van der Waals surface area contributed by atoms with Crippen LogP contribution >= 0.6 is 0 Å². The van der Waals surface area contributed by atoms with Gasteiger partial charge in [0, 0.05) is 18.0 Å². The predicted octanol–water partition coefficient (Wildman–Crippen LogP) is 1.90. The van der Waals surface area contributed by atoms with Gasteiger partial charge in [-0.1, -0.05) is 12.8 Å². The van der Waals surface area contributed by atoms with Gasteiger partial charge >= 0.3 is 0 Å². The number of nitrogens with zero attached hydrogens (tertiary/aromatic N) is 1. The van der Waals surface area contributed by atoms with Crippen LogP contribution in [0.15, 0.2) is 29.2 Å². The molecule has 1 aliphatic rings. The molecule has 0 unspecified atom stereocenters. The zero-order chi connectivity index (χ0) is 15.5. The second-order valence-corrected chi connectivity index (χ2v) is 7.71. The molecule has 116 valence electrons. The highest BCUT2D eigenvalue weighted by Crippen LogP contribution is 2.22. The fourth-order valence-corrected chi connectivity index (χ4v) is 3.32. The maximum absolute atomic E-state index is 12.0. The van der Waals surface area contributed by atoms with Crippen LogP contribution in [-0.2, 0) is 14.6 Å². The minimum atomic E-state index is -3.20. The van der Waals surface area contributed by atoms with Crippen LogP contribution in [-0.4, -0.2) is 45.1 Å². The van der Waals surface area contributed by atoms with E-state index >= 15 is 0 Å². The highest BCUT2D eigenvalue weighted by molar-refractivity contribution is 7.90. The van der Waals surface area contributed by atoms with Crippen LogP contribution in [0.2, 0.25) is 0 Å². The summed E-state index contributed by atoms with van der Waals surface area (Å²) in [5, 5.41) is 2.80. The normalized spacial score (nSPS) is 16.3. The molecule has 1 amide bonds. The number of hydrogen-bond donors (Lipinski definition) is 1. The van der Waals surface area contributed by atoms with E-state index in [0.717, 1.165) is 19.1 Å². The number of anilines is 1. The Morgan fingerprint density at radius 3 is 2.33 bits per heavy atom. The average molecular weight is 310 g/mol. The van der Waals surface area contributed by atoms with Crippen LogP contribution < -0.4 is 5.32 Å². The summed E-state index contributed by atoms with van der Waals surface area (Å²) >= 11 is 0. The summed E-state index contributed by atoms with van der Waals surface area (Å²) in [4.78, 5) is 14.3. The van der Waals surface area contributed by atoms with Crippen LogP contribution in [0.1, 0.15) is 25.7 Å². The topological polar surface area (TPSA) is 66.5 Å². The fraction of sp³-hybridized carbons (Fsp3) is 0.533. The third-order valence-corrected chi connectivity index (χ3v) is 5.04. The van der Waals surface area contributed by atoms with E-state index in [1.807, 2.05) is 7.05 Å². The molecule has 1 saturated carbocycles. The van der Waals surface area contributed by atoms with E-state index in [4.69, 9.17) is 0 Å². The molecule has 0 aromatic heterocycles. The van der Waals surface area contributed by atoms with Gasteiger partial charge < -0.3 is 5.32 Å². The van der Waals surface area contributed by atoms with Gasteiger partial charge in [-0.3, -0.25) is 9.69 Å². The molecule has 1 N–H and O–H groups in total. The van der Waals surface area contributed by atoms with Gasteiger partial charge in [0.1, 0.15) is 0 Å². The summed E-state index contributed by atoms with van der Waals surface area (Å²) < 4.78 is 22.7. The summed E-state index contributed by atoms with van der Waals surface area (Å²) in [6, 6.07) is 6.74. The number of nitrogens with one attached hydrogen (secondary N) is 1. The van der Waals surface area contributed by atoms with E-state index < -0.39 is 9.84 Å². The molecule has 6 heteroatoms. The molecular formula is C15H22N2O3S. The van der Waals surface area contributed by atoms with Crippen molar-refractivity contribution in [1.82, 2.24) is 4.90 Å². The maximum Gasteiger partial charge on any atom is 0.238 e. The third-order valence-electron chi connectivity index (χ3n) is 3.91. The molecule has 0 atom stereocenters. The smallest absolute Gasteiger partial charge is 0.238 e. The predicted molar refractivity (Wildman–Crippen MR) is 83.1 cm³/mol. The average Bonchev–Trinajstić information content (AvgIpc) is 2.92. The molecule has 0 radical (unpaired) electrons. The van der Waals surface area contributed by atoms with Gasteiger partial charge in [0.15, 0.2) is 9.84 Å². The van der Waals surface area contributed by atoms with E-state index in [9.17, 15) is 13.2 Å². The SMILES string of the molecule is CN(CC(=O)Nc1ccc(S(C)(=O)=O)cc1)C1CCCC1. The van der Waals surface area contributed by atoms with Crippen molar-refractivity contribution >= 4 is 21.4 Å². The lowest BCUT2D eigenvalue weighted by Crippen LogP contribution is -2.36. The van der Waals surface area contributed by atoms with Gasteiger partial charge in [-0.05, 0) is 44.2 Å². The highest BCUT2D eigenvalue weighted by Gasteiger charge is 2.21. The zero-order valence-corrected chi connectivity index (χ0v) is 13.3. The Bertz CT molecular complexity index is 590. The number of carbonyl (C=O) groups is 1. The second-order valence-electron chi connectivity index (χ2n) is 5.70. The molecule has 21 heavy (non-hydrogen) atoms. The monoisotopic (exact) mass is 310 g/mol. The first-order valence-electron chi connectivity index (χ1n) is 7.16. The molecule has 0 heterocycles. The van der Waals surface area contributed by atoms with Crippen molar-refractivity contribution < 1.29 is 13.2 Å². The molecule has 5 nitrogen and oxygen atoms in total. The first-order valence-corrected chi connectivity index (χ1v) is 9.05. The molecular weight excluding hydrogens is 288 g/mol. The molecule has 1 fully saturated rings. The molecule has 1 aromatic rings. The number of rotatable bonds is 5. The van der Waals surface area contributed by atoms with Gasteiger partial charge in [0.25, 0.3) is 0 Å². The number of sulfone groups is 1. The number of benzene rings is 1. The van der Waals surface area contributed by atoms with Crippen LogP contribution in [0.3, 0.4) is 0 Å². The number of carbonyl (C=O) groups excluding carboxylic acids is 1. The zero-order valence-electron chi connectivity index (χ0n) is 12.5. The summed E-state index contributed by atoms with van der Waals surface area (Å²) in [5.41, 5.74) is 0.618. The lowest BCUT2D eigenvalue weighted by atomic mass is 10.2. The Hall–Kier alpha value is -1.40. The van der Waals surface area contributed by atoms with Gasteiger partial charge in [-0.2, -0.15) is 0 Å². The Kier molecular flexibility index (Phi) is 5.00. The largest absolute Gasteiger partial charge is 0.325 e. The van der Waals surface area contributed by atoms with Crippen molar-refractivity contribution in [3.05, 3.63) is 24.3 Å². The quantitative estimate of drug-likeness (QED) is 0.902. The summed E-state index contributed by atoms with van der Waals surface area (Å²) in [5.74, 6) is -0.0727. The second kappa shape index (κ2) is 6.58. The van der Waals surface area contributed by atoms with Crippen molar-refractivity contribution in [3.63, 3.8) is 0 Å². The Labute approximate surface area is 126 Å². The van der Waals surface area contributed by atoms with Crippen LogP contribution in [0.4, 0.5) is 5.69 Å². The Balaban J connectivity index is 1.90. The van der Waals surface area contributed by atoms with E-state index in [2.05, 4.69) is 10.2 Å². The molecule has 1 aliphatic carbocycles. The fourth-order valence-electron chi connectivity index (χ4n) is 2.69. The van der Waals surface area contributed by atoms with E-state index in [1.54, 1.807) is 12.1 Å². The van der Waals surface area contributed by atoms with Gasteiger partial charge in [-0.25, -0.2) is 8.42 Å². The minimum absolute atomic E-state index is 0.0727. The van der Waals surface area contributed by atoms with Crippen LogP contribution in [0.5, 0.6) is 0 Å². The van der Waals surface area contributed by atoms with Gasteiger partial charge in [0.05, 0.1) is 11.4 Å². The van der Waals surface area contributed by atoms with E-state index in [0.29, 0.717) is 18.3 Å². The Morgan fingerprint density at radius 2 is 1.81 bits per heavy atom. The molecule has 0 aliphatic heterocycles. The summed E-state index contributed by atoms with van der Waals surface area (Å²) in [6.45, 7) is 0.360. The molecule has 0 spiro atoms. The van der Waals surface area contributed by atoms with Gasteiger partial charge in [-0.15, -0.1) is 0 Å². The molecule has 0 saturated heterocycles. The molecule has 0 bridgehead atoms. The lowest BCUT2D eigenvalue weighted by molar-refractivity contribution is -0.117. The lowest BCUT2D eigenvalue weighted by Gasteiger charge is -2.23. The van der Waals surface area contributed by atoms with E-state index in [-0.39, 0.29) is 10.8 Å². The highest BCUT2D eigenvalue weighted by atomic mass is 32.2. The number of hydrogen-bond acceptors (Lipinski definition) is 4. The van der Waals surface area contributed by atoms with Crippen molar-refractivity contribution in [2.24, 2.45) is 0 Å². The molecule has 1 aromatic carbocycles. The van der Waals surface area contributed by atoms with E-state index in [1.165, 1.54) is 25.0 Å². The van der Waals surface area contributed by atoms with Crippen LogP contribution in [0.25, 0.3) is 0 Å². The number of likely N-dealkylation sites (N-methyl/N-ethyl adjacent to an activating group) is 1. The first-order chi connectivity index (χ1) is 9.86. The minimum Gasteiger partial charge on any atom is -0.325 e. The van der Waals surface area contributed by atoms with Crippen molar-refractivity contribution in [3.8, 4) is 0 Å². The molecule has 2 rings (SSSR count). The third kappa shape index (κ3) is 4.54. The maximum atomic E-state index is 12.0. The summed E-state index contributed by atoms with van der Waals surface area (Å²) in [7, 11) is -1.22. The standard InChI is InChI=1S/C15H22N2O3S/c1-17(13-5-3-4-6-13)11-15(18)16-12-7-9-14(10-8-12)21(2,19)20/h7-10,13H,3-6,11H2,1-2H3,(H,16,18). The summed E-state index contributed by atoms with van der Waals surface area (Å²) in [6.07, 6.45) is 5.96. The van der Waals surface area contributed by atoms with Crippen LogP contribution in [0, 0.1) is 0 Å². The number of amides is 1. The van der Waals surface area contributed by atoms with Gasteiger partial charge in [0.2, 0.25) is 5.91 Å². The van der Waals surface area contributed by atoms with Crippen molar-refractivity contribution in [1.29, 1.82) is 0 Å².